The third kappa shape index (κ3) is 1.75. The van der Waals surface area contributed by atoms with E-state index in [2.05, 4.69) is 6.07 Å². The van der Waals surface area contributed by atoms with Gasteiger partial charge in [0.1, 0.15) is 0 Å². The summed E-state index contributed by atoms with van der Waals surface area (Å²) in [5.74, 6) is 0.175. The van der Waals surface area contributed by atoms with Crippen LogP contribution in [-0.4, -0.2) is 29.4 Å². The van der Waals surface area contributed by atoms with E-state index in [-0.39, 0.29) is 18.0 Å². The first kappa shape index (κ1) is 10.8. The van der Waals surface area contributed by atoms with E-state index in [1.165, 1.54) is 5.56 Å². The molecule has 1 heterocycles. The zero-order valence-electron chi connectivity index (χ0n) is 9.93. The van der Waals surface area contributed by atoms with E-state index < -0.39 is 0 Å². The second-order valence-corrected chi connectivity index (χ2v) is 5.07. The number of hydrogen-bond acceptors (Lipinski definition) is 2. The highest BCUT2D eigenvalue weighted by atomic mass is 16.2. The molecule has 1 aromatic carbocycles. The van der Waals surface area contributed by atoms with Gasteiger partial charge in [-0.2, -0.15) is 0 Å². The van der Waals surface area contributed by atoms with Crippen LogP contribution in [0, 0.1) is 0 Å². The molecule has 1 aromatic rings. The lowest BCUT2D eigenvalue weighted by atomic mass is 9.97. The number of carbonyl (C=O) groups excluding carboxylic acids is 1. The first-order valence-electron chi connectivity index (χ1n) is 6.42. The highest BCUT2D eigenvalue weighted by Crippen LogP contribution is 2.28. The van der Waals surface area contributed by atoms with Gasteiger partial charge in [-0.25, -0.2) is 0 Å². The summed E-state index contributed by atoms with van der Waals surface area (Å²) in [7, 11) is 0. The molecule has 2 N–H and O–H groups in total. The van der Waals surface area contributed by atoms with Crippen molar-refractivity contribution in [3.8, 4) is 0 Å². The number of rotatable bonds is 1. The summed E-state index contributed by atoms with van der Waals surface area (Å²) in [6, 6.07) is 8.36. The van der Waals surface area contributed by atoms with Gasteiger partial charge in [0.15, 0.2) is 0 Å². The highest BCUT2D eigenvalue weighted by molar-refractivity contribution is 5.97. The zero-order chi connectivity index (χ0) is 11.8. The molecule has 2 atom stereocenters. The Kier molecular flexibility index (Phi) is 2.63. The SMILES string of the molecule is NC1CCCC1N1CCc2ccccc2C1=O. The van der Waals surface area contributed by atoms with E-state index >= 15 is 0 Å². The van der Waals surface area contributed by atoms with Gasteiger partial charge < -0.3 is 10.6 Å². The highest BCUT2D eigenvalue weighted by Gasteiger charge is 2.35. The molecule has 2 aliphatic rings. The fourth-order valence-corrected chi connectivity index (χ4v) is 3.12. The lowest BCUT2D eigenvalue weighted by Crippen LogP contribution is -2.50. The van der Waals surface area contributed by atoms with Crippen LogP contribution in [0.15, 0.2) is 24.3 Å². The Balaban J connectivity index is 1.89. The smallest absolute Gasteiger partial charge is 0.254 e. The maximum absolute atomic E-state index is 12.4. The predicted octanol–water partition coefficient (Wildman–Crippen LogP) is 1.56. The predicted molar refractivity (Wildman–Crippen MR) is 66.8 cm³/mol. The van der Waals surface area contributed by atoms with Crippen molar-refractivity contribution in [3.05, 3.63) is 35.4 Å². The van der Waals surface area contributed by atoms with Crippen LogP contribution in [-0.2, 0) is 6.42 Å². The number of benzene rings is 1. The van der Waals surface area contributed by atoms with E-state index in [1.54, 1.807) is 0 Å². The van der Waals surface area contributed by atoms with Gasteiger partial charge in [0.25, 0.3) is 5.91 Å². The Labute approximate surface area is 102 Å². The molecule has 2 unspecified atom stereocenters. The van der Waals surface area contributed by atoms with Crippen molar-refractivity contribution in [1.82, 2.24) is 4.90 Å². The topological polar surface area (TPSA) is 46.3 Å². The molecule has 1 fully saturated rings. The minimum atomic E-state index is 0.171. The largest absolute Gasteiger partial charge is 0.334 e. The van der Waals surface area contributed by atoms with Gasteiger partial charge in [-0.15, -0.1) is 0 Å². The first-order chi connectivity index (χ1) is 8.27. The van der Waals surface area contributed by atoms with Crippen molar-refractivity contribution in [2.45, 2.75) is 37.8 Å². The summed E-state index contributed by atoms with van der Waals surface area (Å²) >= 11 is 0. The third-order valence-corrected chi connectivity index (χ3v) is 4.06. The summed E-state index contributed by atoms with van der Waals surface area (Å²) in [6.07, 6.45) is 4.23. The quantitative estimate of drug-likeness (QED) is 0.796. The minimum absolute atomic E-state index is 0.171. The molecular weight excluding hydrogens is 212 g/mol. The van der Waals surface area contributed by atoms with Gasteiger partial charge in [0.05, 0.1) is 0 Å². The Morgan fingerprint density at radius 2 is 2.06 bits per heavy atom. The van der Waals surface area contributed by atoms with E-state index in [9.17, 15) is 4.79 Å². The normalized spacial score (nSPS) is 28.3. The van der Waals surface area contributed by atoms with Crippen molar-refractivity contribution in [2.75, 3.05) is 6.54 Å². The lowest BCUT2D eigenvalue weighted by molar-refractivity contribution is 0.0648. The number of carbonyl (C=O) groups is 1. The van der Waals surface area contributed by atoms with Crippen LogP contribution in [0.2, 0.25) is 0 Å². The van der Waals surface area contributed by atoms with Crippen LogP contribution >= 0.6 is 0 Å². The molecule has 17 heavy (non-hydrogen) atoms. The summed E-state index contributed by atoms with van der Waals surface area (Å²) in [5.41, 5.74) is 8.15. The number of nitrogens with two attached hydrogens (primary N) is 1. The fraction of sp³-hybridized carbons (Fsp3) is 0.500. The second-order valence-electron chi connectivity index (χ2n) is 5.07. The molecule has 0 bridgehead atoms. The van der Waals surface area contributed by atoms with Crippen LogP contribution in [0.1, 0.15) is 35.2 Å². The van der Waals surface area contributed by atoms with Gasteiger partial charge in [0, 0.05) is 24.2 Å². The summed E-state index contributed by atoms with van der Waals surface area (Å²) in [4.78, 5) is 14.4. The van der Waals surface area contributed by atoms with Crippen molar-refractivity contribution < 1.29 is 4.79 Å². The van der Waals surface area contributed by atoms with Crippen LogP contribution in [0.4, 0.5) is 0 Å². The standard InChI is InChI=1S/C14H18N2O/c15-12-6-3-7-13(12)16-9-8-10-4-1-2-5-11(10)14(16)17/h1-2,4-5,12-13H,3,6-9,15H2. The Morgan fingerprint density at radius 1 is 1.24 bits per heavy atom. The van der Waals surface area contributed by atoms with Gasteiger partial charge in [-0.1, -0.05) is 18.2 Å². The molecule has 1 amide bonds. The molecule has 0 saturated heterocycles. The average Bonchev–Trinajstić information content (AvgIpc) is 2.76. The van der Waals surface area contributed by atoms with Crippen molar-refractivity contribution in [2.24, 2.45) is 5.73 Å². The number of nitrogens with zero attached hydrogens (tertiary/aromatic N) is 1. The number of fused-ring (bicyclic) bond motifs is 1. The van der Waals surface area contributed by atoms with E-state index in [4.69, 9.17) is 5.73 Å². The third-order valence-electron chi connectivity index (χ3n) is 4.06. The van der Waals surface area contributed by atoms with E-state index in [0.29, 0.717) is 0 Å². The lowest BCUT2D eigenvalue weighted by Gasteiger charge is -2.35. The molecule has 1 aliphatic carbocycles. The molecule has 0 radical (unpaired) electrons. The van der Waals surface area contributed by atoms with Crippen molar-refractivity contribution in [3.63, 3.8) is 0 Å². The maximum Gasteiger partial charge on any atom is 0.254 e. The van der Waals surface area contributed by atoms with Gasteiger partial charge in [-0.3, -0.25) is 4.79 Å². The molecular formula is C14H18N2O. The summed E-state index contributed by atoms with van der Waals surface area (Å²) in [6.45, 7) is 0.828. The Morgan fingerprint density at radius 3 is 2.82 bits per heavy atom. The van der Waals surface area contributed by atoms with Gasteiger partial charge in [0.2, 0.25) is 0 Å². The number of hydrogen-bond donors (Lipinski definition) is 1. The molecule has 90 valence electrons. The van der Waals surface area contributed by atoms with Gasteiger partial charge >= 0.3 is 0 Å². The second kappa shape index (κ2) is 4.15. The van der Waals surface area contributed by atoms with Crippen molar-refractivity contribution >= 4 is 5.91 Å². The van der Waals surface area contributed by atoms with Crippen LogP contribution in [0.25, 0.3) is 0 Å². The van der Waals surface area contributed by atoms with Gasteiger partial charge in [-0.05, 0) is 37.3 Å². The molecule has 0 spiro atoms. The molecule has 1 aliphatic heterocycles. The minimum Gasteiger partial charge on any atom is -0.334 e. The van der Waals surface area contributed by atoms with Crippen LogP contribution < -0.4 is 5.73 Å². The summed E-state index contributed by atoms with van der Waals surface area (Å²) in [5, 5.41) is 0. The van der Waals surface area contributed by atoms with Crippen LogP contribution in [0.5, 0.6) is 0 Å². The monoisotopic (exact) mass is 230 g/mol. The average molecular weight is 230 g/mol. The first-order valence-corrected chi connectivity index (χ1v) is 6.42. The van der Waals surface area contributed by atoms with E-state index in [0.717, 1.165) is 37.8 Å². The maximum atomic E-state index is 12.4. The zero-order valence-corrected chi connectivity index (χ0v) is 9.93. The molecule has 0 aromatic heterocycles. The number of amides is 1. The Hall–Kier alpha value is -1.35. The molecule has 1 saturated carbocycles. The molecule has 3 rings (SSSR count). The van der Waals surface area contributed by atoms with E-state index in [1.807, 2.05) is 23.1 Å². The fourth-order valence-electron chi connectivity index (χ4n) is 3.12. The summed E-state index contributed by atoms with van der Waals surface area (Å²) < 4.78 is 0. The molecule has 3 nitrogen and oxygen atoms in total. The van der Waals surface area contributed by atoms with Crippen LogP contribution in [0.3, 0.4) is 0 Å². The Bertz CT molecular complexity index is 444. The van der Waals surface area contributed by atoms with Crippen molar-refractivity contribution in [1.29, 1.82) is 0 Å². The molecule has 3 heteroatoms.